The van der Waals surface area contributed by atoms with Crippen molar-refractivity contribution in [2.45, 2.75) is 64.2 Å². The van der Waals surface area contributed by atoms with E-state index in [1.165, 1.54) is 41.0 Å². The Morgan fingerprint density at radius 2 is 1.50 bits per heavy atom. The van der Waals surface area contributed by atoms with Crippen molar-refractivity contribution >= 4 is 17.8 Å². The van der Waals surface area contributed by atoms with Gasteiger partial charge < -0.3 is 5.11 Å². The third kappa shape index (κ3) is 5.48. The highest BCUT2D eigenvalue weighted by atomic mass is 19.1. The zero-order chi connectivity index (χ0) is 26.1. The first kappa shape index (κ1) is 25.6. The average Bonchev–Trinajstić information content (AvgIpc) is 2.85. The number of ketones is 1. The molecule has 186 valence electrons. The normalized spacial score (nSPS) is 16.0. The van der Waals surface area contributed by atoms with Gasteiger partial charge in [0.05, 0.1) is 5.56 Å². The Hall–Kier alpha value is -3.53. The molecular weight excluding hydrogens is 451 g/mol. The number of carboxylic acids is 1. The van der Waals surface area contributed by atoms with Crippen LogP contribution in [0.15, 0.2) is 66.7 Å². The fourth-order valence-corrected chi connectivity index (χ4v) is 5.19. The Balaban J connectivity index is 1.69. The molecule has 3 aromatic rings. The fourth-order valence-electron chi connectivity index (χ4n) is 5.19. The third-order valence-electron chi connectivity index (χ3n) is 7.47. The average molecular weight is 485 g/mol. The van der Waals surface area contributed by atoms with Gasteiger partial charge in [0, 0.05) is 5.56 Å². The lowest BCUT2D eigenvalue weighted by atomic mass is 9.61. The number of fused-ring (bicyclic) bond motifs is 1. The summed E-state index contributed by atoms with van der Waals surface area (Å²) in [7, 11) is 0. The number of carbonyl (C=O) groups is 2. The molecule has 3 aromatic carbocycles. The maximum absolute atomic E-state index is 13.4. The van der Waals surface area contributed by atoms with Gasteiger partial charge in [0.25, 0.3) is 0 Å². The Morgan fingerprint density at radius 3 is 2.14 bits per heavy atom. The Labute approximate surface area is 212 Å². The molecule has 1 N–H and O–H groups in total. The van der Waals surface area contributed by atoms with E-state index < -0.39 is 5.97 Å². The molecule has 0 atom stereocenters. The summed E-state index contributed by atoms with van der Waals surface area (Å²) in [5, 5.41) is 9.08. The van der Waals surface area contributed by atoms with Crippen molar-refractivity contribution in [3.8, 4) is 0 Å². The Kier molecular flexibility index (Phi) is 6.99. The van der Waals surface area contributed by atoms with E-state index in [1.807, 2.05) is 18.2 Å². The molecule has 0 unspecified atom stereocenters. The number of carboxylic acid groups (broad SMARTS) is 1. The van der Waals surface area contributed by atoms with Crippen LogP contribution in [-0.4, -0.2) is 16.9 Å². The molecule has 0 spiro atoms. The second-order valence-electron chi connectivity index (χ2n) is 11.1. The lowest BCUT2D eigenvalue weighted by Gasteiger charge is -2.43. The molecule has 0 heterocycles. The first-order valence-electron chi connectivity index (χ1n) is 12.4. The minimum atomic E-state index is -0.977. The number of hydrogen-bond donors (Lipinski definition) is 1. The lowest BCUT2D eigenvalue weighted by molar-refractivity contribution is 0.0696. The van der Waals surface area contributed by atoms with E-state index in [1.54, 1.807) is 24.3 Å². The summed E-state index contributed by atoms with van der Waals surface area (Å²) >= 11 is 0. The van der Waals surface area contributed by atoms with Gasteiger partial charge in [-0.2, -0.15) is 0 Å². The summed E-state index contributed by atoms with van der Waals surface area (Å²) in [6.45, 7) is 9.06. The van der Waals surface area contributed by atoms with Crippen LogP contribution in [0.3, 0.4) is 0 Å². The number of aryl methyl sites for hydroxylation is 2. The summed E-state index contributed by atoms with van der Waals surface area (Å²) in [5.41, 5.74) is 6.43. The minimum Gasteiger partial charge on any atom is -0.478 e. The van der Waals surface area contributed by atoms with E-state index >= 15 is 0 Å². The standard InChI is InChI=1S/C32H33FO3/c1-31(2)17-18-32(3,4)29-24(13-7-22-8-14-26(33)15-9-22)19-25(20-27(29)31)28(34)16-10-21-5-11-23(12-6-21)30(35)36/h5-6,8-12,14-16,19-20H,7,13,17-18H2,1-4H3,(H,35,36)/b16-10+. The first-order valence-corrected chi connectivity index (χ1v) is 12.4. The molecule has 3 nitrogen and oxygen atoms in total. The molecule has 4 rings (SSSR count). The maximum atomic E-state index is 13.4. The molecule has 1 aliphatic rings. The highest BCUT2D eigenvalue weighted by Gasteiger charge is 2.39. The zero-order valence-corrected chi connectivity index (χ0v) is 21.4. The predicted octanol–water partition coefficient (Wildman–Crippen LogP) is 7.55. The summed E-state index contributed by atoms with van der Waals surface area (Å²) in [4.78, 5) is 24.4. The number of aromatic carboxylic acids is 1. The van der Waals surface area contributed by atoms with Crippen molar-refractivity contribution < 1.29 is 19.1 Å². The quantitative estimate of drug-likeness (QED) is 0.278. The summed E-state index contributed by atoms with van der Waals surface area (Å²) < 4.78 is 13.4. The molecule has 36 heavy (non-hydrogen) atoms. The second-order valence-corrected chi connectivity index (χ2v) is 11.1. The largest absolute Gasteiger partial charge is 0.478 e. The predicted molar refractivity (Wildman–Crippen MR) is 142 cm³/mol. The van der Waals surface area contributed by atoms with E-state index in [9.17, 15) is 14.0 Å². The van der Waals surface area contributed by atoms with Gasteiger partial charge in [0.1, 0.15) is 5.82 Å². The molecule has 1 aliphatic carbocycles. The van der Waals surface area contributed by atoms with Crippen LogP contribution < -0.4 is 0 Å². The van der Waals surface area contributed by atoms with Gasteiger partial charge in [-0.1, -0.05) is 58.0 Å². The number of allylic oxidation sites excluding steroid dienone is 1. The molecule has 4 heteroatoms. The van der Waals surface area contributed by atoms with Gasteiger partial charge in [-0.05, 0) is 107 Å². The summed E-state index contributed by atoms with van der Waals surface area (Å²) in [6.07, 6.45) is 6.95. The van der Waals surface area contributed by atoms with Crippen molar-refractivity contribution in [2.75, 3.05) is 0 Å². The van der Waals surface area contributed by atoms with Crippen LogP contribution in [0.5, 0.6) is 0 Å². The van der Waals surface area contributed by atoms with Gasteiger partial charge in [0.2, 0.25) is 0 Å². The van der Waals surface area contributed by atoms with Crippen molar-refractivity contribution in [3.05, 3.63) is 112 Å². The molecule has 0 amide bonds. The van der Waals surface area contributed by atoms with E-state index in [4.69, 9.17) is 5.11 Å². The molecule has 0 saturated carbocycles. The molecule has 0 bridgehead atoms. The minimum absolute atomic E-state index is 0.00624. The van der Waals surface area contributed by atoms with Gasteiger partial charge in [-0.25, -0.2) is 9.18 Å². The third-order valence-corrected chi connectivity index (χ3v) is 7.47. The lowest BCUT2D eigenvalue weighted by Crippen LogP contribution is -2.35. The van der Waals surface area contributed by atoms with Crippen LogP contribution in [0.1, 0.15) is 89.1 Å². The molecule has 0 aliphatic heterocycles. The van der Waals surface area contributed by atoms with Crippen LogP contribution in [0.4, 0.5) is 4.39 Å². The van der Waals surface area contributed by atoms with Crippen LogP contribution >= 0.6 is 0 Å². The summed E-state index contributed by atoms with van der Waals surface area (Å²) in [5.74, 6) is -1.30. The van der Waals surface area contributed by atoms with Gasteiger partial charge in [-0.15, -0.1) is 0 Å². The number of benzene rings is 3. The monoisotopic (exact) mass is 484 g/mol. The van der Waals surface area contributed by atoms with Crippen LogP contribution in [-0.2, 0) is 23.7 Å². The van der Waals surface area contributed by atoms with Crippen LogP contribution in [0, 0.1) is 5.82 Å². The SMILES string of the molecule is CC1(C)CCC(C)(C)c2c(CCc3ccc(F)cc3)cc(C(=O)/C=C/c3ccc(C(=O)O)cc3)cc21. The Morgan fingerprint density at radius 1 is 0.861 bits per heavy atom. The number of rotatable bonds is 7. The van der Waals surface area contributed by atoms with Gasteiger partial charge >= 0.3 is 5.97 Å². The molecule has 0 radical (unpaired) electrons. The number of halogens is 1. The first-order chi connectivity index (χ1) is 17.0. The van der Waals surface area contributed by atoms with Crippen LogP contribution in [0.2, 0.25) is 0 Å². The van der Waals surface area contributed by atoms with Gasteiger partial charge in [0.15, 0.2) is 5.78 Å². The second kappa shape index (κ2) is 9.85. The van der Waals surface area contributed by atoms with Crippen molar-refractivity contribution in [3.63, 3.8) is 0 Å². The zero-order valence-electron chi connectivity index (χ0n) is 21.4. The van der Waals surface area contributed by atoms with E-state index in [0.717, 1.165) is 36.8 Å². The Bertz CT molecular complexity index is 1310. The van der Waals surface area contributed by atoms with Crippen molar-refractivity contribution in [1.82, 2.24) is 0 Å². The molecular formula is C32H33FO3. The van der Waals surface area contributed by atoms with Crippen LogP contribution in [0.25, 0.3) is 6.08 Å². The molecule has 0 aromatic heterocycles. The maximum Gasteiger partial charge on any atom is 0.335 e. The highest BCUT2D eigenvalue weighted by Crippen LogP contribution is 2.47. The molecule has 0 fully saturated rings. The smallest absolute Gasteiger partial charge is 0.335 e. The fraction of sp³-hybridized carbons (Fsp3) is 0.312. The van der Waals surface area contributed by atoms with E-state index in [2.05, 4.69) is 33.8 Å². The van der Waals surface area contributed by atoms with Crippen molar-refractivity contribution in [1.29, 1.82) is 0 Å². The van der Waals surface area contributed by atoms with E-state index in [0.29, 0.717) is 5.56 Å². The highest BCUT2D eigenvalue weighted by molar-refractivity contribution is 6.07. The molecule has 0 saturated heterocycles. The summed E-state index contributed by atoms with van der Waals surface area (Å²) in [6, 6.07) is 17.2. The topological polar surface area (TPSA) is 54.4 Å². The van der Waals surface area contributed by atoms with Crippen molar-refractivity contribution in [2.24, 2.45) is 0 Å². The number of carbonyl (C=O) groups excluding carboxylic acids is 1. The van der Waals surface area contributed by atoms with Gasteiger partial charge in [-0.3, -0.25) is 4.79 Å². The number of hydrogen-bond acceptors (Lipinski definition) is 2. The van der Waals surface area contributed by atoms with E-state index in [-0.39, 0.29) is 28.0 Å².